The minimum absolute atomic E-state index is 0. The van der Waals surface area contributed by atoms with Gasteiger partial charge in [0.05, 0.1) is 5.38 Å². The van der Waals surface area contributed by atoms with Gasteiger partial charge in [0.2, 0.25) is 5.51 Å². The first-order chi connectivity index (χ1) is 6.86. The standard InChI is InChI=1S/C11H12NOS.BrH/c13-11(8-12-6-7-14-9-12)10-4-2-1-3-5-10;/h1-7,9,11,13H,8H2;1H/q+1;/p-1. The van der Waals surface area contributed by atoms with Crippen LogP contribution in [-0.4, -0.2) is 5.11 Å². The van der Waals surface area contributed by atoms with Crippen LogP contribution >= 0.6 is 11.3 Å². The molecule has 2 nitrogen and oxygen atoms in total. The Morgan fingerprint density at radius 3 is 2.60 bits per heavy atom. The highest BCUT2D eigenvalue weighted by Crippen LogP contribution is 2.11. The number of aromatic nitrogens is 1. The maximum Gasteiger partial charge on any atom is 0.224 e. The maximum absolute atomic E-state index is 9.88. The fraction of sp³-hybridized carbons (Fsp3) is 0.182. The molecule has 0 aliphatic heterocycles. The Morgan fingerprint density at radius 2 is 2.00 bits per heavy atom. The fourth-order valence-corrected chi connectivity index (χ4v) is 1.96. The SMILES string of the molecule is OC(C[n+]1ccsc1)c1ccccc1.[Br-]. The van der Waals surface area contributed by atoms with E-state index in [-0.39, 0.29) is 17.0 Å². The Hall–Kier alpha value is -0.710. The third kappa shape index (κ3) is 3.41. The molecule has 1 aromatic heterocycles. The van der Waals surface area contributed by atoms with Crippen LogP contribution in [0.5, 0.6) is 0 Å². The van der Waals surface area contributed by atoms with Crippen LogP contribution in [-0.2, 0) is 6.54 Å². The van der Waals surface area contributed by atoms with Crippen molar-refractivity contribution in [3.8, 4) is 0 Å². The van der Waals surface area contributed by atoms with E-state index < -0.39 is 6.10 Å². The van der Waals surface area contributed by atoms with Gasteiger partial charge in [0, 0.05) is 0 Å². The summed E-state index contributed by atoms with van der Waals surface area (Å²) in [6, 6.07) is 9.72. The number of rotatable bonds is 3. The summed E-state index contributed by atoms with van der Waals surface area (Å²) in [5, 5.41) is 11.9. The first-order valence-corrected chi connectivity index (χ1v) is 5.45. The smallest absolute Gasteiger partial charge is 0.224 e. The zero-order valence-electron chi connectivity index (χ0n) is 8.08. The molecule has 4 heteroatoms. The minimum atomic E-state index is -0.421. The van der Waals surface area contributed by atoms with E-state index in [0.717, 1.165) is 5.56 Å². The Labute approximate surface area is 104 Å². The van der Waals surface area contributed by atoms with E-state index in [1.165, 1.54) is 0 Å². The Balaban J connectivity index is 0.00000112. The molecule has 0 spiro atoms. The summed E-state index contributed by atoms with van der Waals surface area (Å²) in [6.07, 6.45) is 1.55. The molecule has 0 saturated carbocycles. The lowest BCUT2D eigenvalue weighted by molar-refractivity contribution is -0.700. The molecule has 0 fully saturated rings. The summed E-state index contributed by atoms with van der Waals surface area (Å²) in [7, 11) is 0. The summed E-state index contributed by atoms with van der Waals surface area (Å²) in [5.74, 6) is 0. The molecule has 0 aliphatic rings. The zero-order chi connectivity index (χ0) is 9.80. The number of nitrogens with zero attached hydrogens (tertiary/aromatic N) is 1. The molecule has 0 bridgehead atoms. The van der Waals surface area contributed by atoms with E-state index in [1.54, 1.807) is 11.3 Å². The Bertz CT molecular complexity index is 377. The molecule has 2 rings (SSSR count). The van der Waals surface area contributed by atoms with Gasteiger partial charge in [0.25, 0.3) is 0 Å². The molecule has 15 heavy (non-hydrogen) atoms. The molecular weight excluding hydrogens is 274 g/mol. The lowest BCUT2D eigenvalue weighted by Gasteiger charge is -2.05. The fourth-order valence-electron chi connectivity index (χ4n) is 1.35. The molecule has 80 valence electrons. The monoisotopic (exact) mass is 285 g/mol. The third-order valence-electron chi connectivity index (χ3n) is 2.10. The molecule has 1 aromatic carbocycles. The Kier molecular flexibility index (Phi) is 4.94. The Morgan fingerprint density at radius 1 is 1.27 bits per heavy atom. The van der Waals surface area contributed by atoms with Gasteiger partial charge in [0.1, 0.15) is 6.10 Å². The summed E-state index contributed by atoms with van der Waals surface area (Å²) in [6.45, 7) is 0.619. The van der Waals surface area contributed by atoms with Crippen molar-refractivity contribution in [1.82, 2.24) is 0 Å². The van der Waals surface area contributed by atoms with Crippen LogP contribution in [0.1, 0.15) is 11.7 Å². The summed E-state index contributed by atoms with van der Waals surface area (Å²) in [5.41, 5.74) is 2.96. The zero-order valence-corrected chi connectivity index (χ0v) is 10.5. The summed E-state index contributed by atoms with van der Waals surface area (Å²) >= 11 is 1.63. The maximum atomic E-state index is 9.88. The normalized spacial score (nSPS) is 11.8. The number of aliphatic hydroxyl groups excluding tert-OH is 1. The topological polar surface area (TPSA) is 24.1 Å². The van der Waals surface area contributed by atoms with Gasteiger partial charge in [-0.15, -0.1) is 0 Å². The number of halogens is 1. The van der Waals surface area contributed by atoms with Crippen molar-refractivity contribution in [2.45, 2.75) is 12.6 Å². The van der Waals surface area contributed by atoms with Gasteiger partial charge in [-0.2, -0.15) is 4.57 Å². The average Bonchev–Trinajstić information content (AvgIpc) is 2.72. The van der Waals surface area contributed by atoms with Gasteiger partial charge < -0.3 is 22.1 Å². The van der Waals surface area contributed by atoms with Crippen molar-refractivity contribution < 1.29 is 26.7 Å². The predicted molar refractivity (Wildman–Crippen MR) is 55.9 cm³/mol. The number of thiazole rings is 1. The first kappa shape index (κ1) is 12.4. The van der Waals surface area contributed by atoms with Gasteiger partial charge >= 0.3 is 0 Å². The van der Waals surface area contributed by atoms with Crippen molar-refractivity contribution in [3.63, 3.8) is 0 Å². The minimum Gasteiger partial charge on any atom is -1.00 e. The molecule has 1 atom stereocenters. The highest BCUT2D eigenvalue weighted by atomic mass is 79.9. The largest absolute Gasteiger partial charge is 1.00 e. The molecule has 0 saturated heterocycles. The van der Waals surface area contributed by atoms with Crippen LogP contribution in [0.4, 0.5) is 0 Å². The molecular formula is C11H12BrNOS. The van der Waals surface area contributed by atoms with Crippen molar-refractivity contribution in [2.75, 3.05) is 0 Å². The summed E-state index contributed by atoms with van der Waals surface area (Å²) < 4.78 is 1.99. The van der Waals surface area contributed by atoms with Gasteiger partial charge in [-0.05, 0) is 5.56 Å². The first-order valence-electron chi connectivity index (χ1n) is 4.50. The number of hydrogen-bond donors (Lipinski definition) is 1. The second-order valence-corrected chi connectivity index (χ2v) is 3.91. The van der Waals surface area contributed by atoms with Crippen LogP contribution in [0.2, 0.25) is 0 Å². The quantitative estimate of drug-likeness (QED) is 0.702. The van der Waals surface area contributed by atoms with Crippen LogP contribution in [0.3, 0.4) is 0 Å². The molecule has 2 aromatic rings. The van der Waals surface area contributed by atoms with Crippen LogP contribution in [0, 0.1) is 0 Å². The van der Waals surface area contributed by atoms with E-state index in [2.05, 4.69) is 0 Å². The lowest BCUT2D eigenvalue weighted by atomic mass is 10.1. The number of aliphatic hydroxyl groups is 1. The number of benzene rings is 1. The van der Waals surface area contributed by atoms with Crippen LogP contribution in [0.25, 0.3) is 0 Å². The van der Waals surface area contributed by atoms with Crippen molar-refractivity contribution in [3.05, 3.63) is 53.0 Å². The highest BCUT2D eigenvalue weighted by molar-refractivity contribution is 7.07. The van der Waals surface area contributed by atoms with Crippen molar-refractivity contribution in [2.24, 2.45) is 0 Å². The number of hydrogen-bond acceptors (Lipinski definition) is 2. The lowest BCUT2D eigenvalue weighted by Crippen LogP contribution is -3.00. The van der Waals surface area contributed by atoms with Crippen LogP contribution < -0.4 is 21.5 Å². The highest BCUT2D eigenvalue weighted by Gasteiger charge is 2.12. The van der Waals surface area contributed by atoms with Gasteiger partial charge in [-0.1, -0.05) is 41.7 Å². The molecule has 1 N–H and O–H groups in total. The van der Waals surface area contributed by atoms with Gasteiger partial charge in [0.15, 0.2) is 12.7 Å². The van der Waals surface area contributed by atoms with Crippen LogP contribution in [0.15, 0.2) is 47.4 Å². The second kappa shape index (κ2) is 6.00. The van der Waals surface area contributed by atoms with E-state index >= 15 is 0 Å². The van der Waals surface area contributed by atoms with E-state index in [9.17, 15) is 5.11 Å². The van der Waals surface area contributed by atoms with Crippen molar-refractivity contribution in [1.29, 1.82) is 0 Å². The molecule has 0 radical (unpaired) electrons. The molecule has 0 aliphatic carbocycles. The van der Waals surface area contributed by atoms with E-state index in [4.69, 9.17) is 0 Å². The second-order valence-electron chi connectivity index (χ2n) is 3.15. The predicted octanol–water partition coefficient (Wildman–Crippen LogP) is -1.23. The molecule has 0 amide bonds. The van der Waals surface area contributed by atoms with Crippen molar-refractivity contribution >= 4 is 11.3 Å². The molecule has 1 heterocycles. The van der Waals surface area contributed by atoms with Gasteiger partial charge in [-0.3, -0.25) is 0 Å². The average molecular weight is 286 g/mol. The van der Waals surface area contributed by atoms with E-state index in [1.807, 2.05) is 52.0 Å². The third-order valence-corrected chi connectivity index (χ3v) is 2.77. The van der Waals surface area contributed by atoms with Gasteiger partial charge in [-0.25, -0.2) is 0 Å². The summed E-state index contributed by atoms with van der Waals surface area (Å²) in [4.78, 5) is 0. The van der Waals surface area contributed by atoms with E-state index in [0.29, 0.717) is 6.54 Å². The molecule has 1 unspecified atom stereocenters.